The molecule has 1 aromatic heterocycles. The molecule has 0 N–H and O–H groups in total. The average molecular weight is 317 g/mol. The van der Waals surface area contributed by atoms with E-state index < -0.39 is 0 Å². The van der Waals surface area contributed by atoms with Gasteiger partial charge in [-0.2, -0.15) is 0 Å². The fourth-order valence-electron chi connectivity index (χ4n) is 2.61. The first-order valence-corrected chi connectivity index (χ1v) is 8.66. The van der Waals surface area contributed by atoms with Crippen molar-refractivity contribution in [1.82, 2.24) is 4.90 Å². The van der Waals surface area contributed by atoms with E-state index in [9.17, 15) is 9.18 Å². The van der Waals surface area contributed by atoms with Crippen LogP contribution in [0, 0.1) is 5.82 Å². The van der Waals surface area contributed by atoms with E-state index >= 15 is 0 Å². The van der Waals surface area contributed by atoms with Crippen molar-refractivity contribution < 1.29 is 9.18 Å². The minimum absolute atomic E-state index is 0.225. The summed E-state index contributed by atoms with van der Waals surface area (Å²) in [7, 11) is 0. The fraction of sp³-hybridized carbons (Fsp3) is 0.389. The highest BCUT2D eigenvalue weighted by molar-refractivity contribution is 7.09. The van der Waals surface area contributed by atoms with Gasteiger partial charge in [0, 0.05) is 23.9 Å². The summed E-state index contributed by atoms with van der Waals surface area (Å²) in [6.07, 6.45) is 4.65. The molecule has 1 saturated carbocycles. The quantitative estimate of drug-likeness (QED) is 0.741. The van der Waals surface area contributed by atoms with Gasteiger partial charge in [-0.15, -0.1) is 11.3 Å². The Labute approximate surface area is 134 Å². The highest BCUT2D eigenvalue weighted by atomic mass is 32.1. The van der Waals surface area contributed by atoms with Gasteiger partial charge in [0.15, 0.2) is 0 Å². The van der Waals surface area contributed by atoms with E-state index in [1.807, 2.05) is 11.0 Å². The predicted octanol–water partition coefficient (Wildman–Crippen LogP) is 4.40. The Balaban J connectivity index is 1.53. The van der Waals surface area contributed by atoms with Crippen LogP contribution in [0.1, 0.15) is 36.1 Å². The van der Waals surface area contributed by atoms with Crippen LogP contribution in [-0.2, 0) is 17.8 Å². The molecule has 1 aliphatic carbocycles. The third kappa shape index (κ3) is 4.17. The lowest BCUT2D eigenvalue weighted by molar-refractivity contribution is -0.132. The molecule has 0 aliphatic heterocycles. The van der Waals surface area contributed by atoms with Crippen molar-refractivity contribution in [3.63, 3.8) is 0 Å². The van der Waals surface area contributed by atoms with Gasteiger partial charge in [-0.1, -0.05) is 18.2 Å². The first-order valence-electron chi connectivity index (χ1n) is 7.78. The van der Waals surface area contributed by atoms with Gasteiger partial charge in [0.1, 0.15) is 5.82 Å². The molecule has 1 aromatic carbocycles. The summed E-state index contributed by atoms with van der Waals surface area (Å²) in [5, 5.41) is 2.07. The molecule has 1 amide bonds. The Bertz CT molecular complexity index is 605. The minimum Gasteiger partial charge on any atom is -0.335 e. The summed E-state index contributed by atoms with van der Waals surface area (Å²) in [6, 6.07) is 11.0. The van der Waals surface area contributed by atoms with Crippen LogP contribution in [0.4, 0.5) is 4.39 Å². The molecule has 0 unspecified atom stereocenters. The molecule has 1 aliphatic rings. The zero-order chi connectivity index (χ0) is 15.4. The van der Waals surface area contributed by atoms with Crippen LogP contribution in [0.3, 0.4) is 0 Å². The maximum atomic E-state index is 13.0. The molecular formula is C18H20FNOS. The van der Waals surface area contributed by atoms with Crippen molar-refractivity contribution in [2.75, 3.05) is 0 Å². The molecule has 0 spiro atoms. The summed E-state index contributed by atoms with van der Waals surface area (Å²) in [6.45, 7) is 0.600. The summed E-state index contributed by atoms with van der Waals surface area (Å²) < 4.78 is 13.0. The van der Waals surface area contributed by atoms with E-state index in [0.717, 1.165) is 31.2 Å². The summed E-state index contributed by atoms with van der Waals surface area (Å²) in [5.74, 6) is -0.00706. The Morgan fingerprint density at radius 2 is 2.00 bits per heavy atom. The van der Waals surface area contributed by atoms with Crippen molar-refractivity contribution in [2.45, 2.75) is 44.7 Å². The van der Waals surface area contributed by atoms with Gasteiger partial charge >= 0.3 is 0 Å². The number of nitrogens with zero attached hydrogens (tertiary/aromatic N) is 1. The molecule has 4 heteroatoms. The Morgan fingerprint density at radius 1 is 1.23 bits per heavy atom. The highest BCUT2D eigenvalue weighted by Gasteiger charge is 2.32. The van der Waals surface area contributed by atoms with Crippen LogP contribution in [-0.4, -0.2) is 16.8 Å². The molecule has 22 heavy (non-hydrogen) atoms. The number of benzene rings is 1. The number of thiophene rings is 1. The third-order valence-corrected chi connectivity index (χ3v) is 4.90. The van der Waals surface area contributed by atoms with E-state index in [-0.39, 0.29) is 11.7 Å². The lowest BCUT2D eigenvalue weighted by atomic mass is 10.1. The normalized spacial score (nSPS) is 14.0. The van der Waals surface area contributed by atoms with Gasteiger partial charge in [-0.25, -0.2) is 4.39 Å². The van der Waals surface area contributed by atoms with Gasteiger partial charge in [0.25, 0.3) is 0 Å². The third-order valence-electron chi connectivity index (χ3n) is 3.97. The van der Waals surface area contributed by atoms with Crippen LogP contribution < -0.4 is 0 Å². The lowest BCUT2D eigenvalue weighted by Gasteiger charge is -2.22. The van der Waals surface area contributed by atoms with Crippen LogP contribution in [0.2, 0.25) is 0 Å². The monoisotopic (exact) mass is 317 g/mol. The van der Waals surface area contributed by atoms with Crippen molar-refractivity contribution >= 4 is 17.2 Å². The van der Waals surface area contributed by atoms with E-state index in [0.29, 0.717) is 19.0 Å². The van der Waals surface area contributed by atoms with Gasteiger partial charge in [-0.3, -0.25) is 4.79 Å². The molecular weight excluding hydrogens is 297 g/mol. The molecule has 3 rings (SSSR count). The second-order valence-corrected chi connectivity index (χ2v) is 6.84. The maximum absolute atomic E-state index is 13.0. The van der Waals surface area contributed by atoms with Gasteiger partial charge < -0.3 is 4.90 Å². The Kier molecular flexibility index (Phi) is 4.88. The van der Waals surface area contributed by atoms with Crippen LogP contribution >= 0.6 is 11.3 Å². The second kappa shape index (κ2) is 7.05. The number of aryl methyl sites for hydroxylation is 1. The molecule has 1 heterocycles. The van der Waals surface area contributed by atoms with Crippen molar-refractivity contribution in [1.29, 1.82) is 0 Å². The van der Waals surface area contributed by atoms with E-state index in [1.54, 1.807) is 23.5 Å². The molecule has 2 aromatic rings. The van der Waals surface area contributed by atoms with Crippen molar-refractivity contribution in [3.05, 3.63) is 58.0 Å². The molecule has 1 fully saturated rings. The van der Waals surface area contributed by atoms with E-state index in [1.165, 1.54) is 17.0 Å². The molecule has 2 nitrogen and oxygen atoms in total. The second-order valence-electron chi connectivity index (χ2n) is 5.81. The molecule has 0 radical (unpaired) electrons. The van der Waals surface area contributed by atoms with Gasteiger partial charge in [-0.05, 0) is 54.8 Å². The number of hydrogen-bond acceptors (Lipinski definition) is 2. The minimum atomic E-state index is -0.232. The lowest BCUT2D eigenvalue weighted by Crippen LogP contribution is -2.32. The molecule has 116 valence electrons. The molecule has 0 atom stereocenters. The van der Waals surface area contributed by atoms with Gasteiger partial charge in [0.2, 0.25) is 5.91 Å². The predicted molar refractivity (Wildman–Crippen MR) is 87.2 cm³/mol. The largest absolute Gasteiger partial charge is 0.335 e. The first kappa shape index (κ1) is 15.2. The van der Waals surface area contributed by atoms with Crippen molar-refractivity contribution in [2.24, 2.45) is 0 Å². The molecule has 0 saturated heterocycles. The number of rotatable bonds is 7. The van der Waals surface area contributed by atoms with E-state index in [2.05, 4.69) is 11.4 Å². The van der Waals surface area contributed by atoms with E-state index in [4.69, 9.17) is 0 Å². The standard InChI is InChI=1S/C18H20FNOS/c19-15-8-6-14(7-9-15)13-20(16-10-11-16)18(21)5-1-3-17-4-2-12-22-17/h2,4,6-9,12,16H,1,3,5,10-11,13H2. The fourth-order valence-corrected chi connectivity index (χ4v) is 3.36. The Hall–Kier alpha value is -1.68. The SMILES string of the molecule is O=C(CCCc1cccs1)N(Cc1ccc(F)cc1)C1CC1. The highest BCUT2D eigenvalue weighted by Crippen LogP contribution is 2.29. The van der Waals surface area contributed by atoms with Crippen LogP contribution in [0.5, 0.6) is 0 Å². The number of hydrogen-bond donors (Lipinski definition) is 0. The number of halogens is 1. The average Bonchev–Trinajstić information content (AvgIpc) is 3.23. The van der Waals surface area contributed by atoms with Crippen LogP contribution in [0.15, 0.2) is 41.8 Å². The van der Waals surface area contributed by atoms with Crippen molar-refractivity contribution in [3.8, 4) is 0 Å². The van der Waals surface area contributed by atoms with Crippen LogP contribution in [0.25, 0.3) is 0 Å². The van der Waals surface area contributed by atoms with Gasteiger partial charge in [0.05, 0.1) is 0 Å². The topological polar surface area (TPSA) is 20.3 Å². The molecule has 0 bridgehead atoms. The first-order chi connectivity index (χ1) is 10.7. The summed E-state index contributed by atoms with van der Waals surface area (Å²) in [5.41, 5.74) is 1.000. The number of carbonyl (C=O) groups is 1. The zero-order valence-corrected chi connectivity index (χ0v) is 13.3. The summed E-state index contributed by atoms with van der Waals surface area (Å²) in [4.78, 5) is 15.8. The number of amides is 1. The number of carbonyl (C=O) groups excluding carboxylic acids is 1. The zero-order valence-electron chi connectivity index (χ0n) is 12.5. The summed E-state index contributed by atoms with van der Waals surface area (Å²) >= 11 is 1.75. The Morgan fingerprint density at radius 3 is 2.64 bits per heavy atom. The maximum Gasteiger partial charge on any atom is 0.223 e. The smallest absolute Gasteiger partial charge is 0.223 e.